The normalized spacial score (nSPS) is 11.9. The van der Waals surface area contributed by atoms with Crippen LogP contribution < -0.4 is 9.47 Å². The molecule has 1 unspecified atom stereocenters. The van der Waals surface area contributed by atoms with Gasteiger partial charge in [0.2, 0.25) is 0 Å². The van der Waals surface area contributed by atoms with Crippen molar-refractivity contribution in [2.24, 2.45) is 0 Å². The van der Waals surface area contributed by atoms with Gasteiger partial charge in [0.25, 0.3) is 5.69 Å². The summed E-state index contributed by atoms with van der Waals surface area (Å²) in [6.45, 7) is 0.529. The Kier molecular flexibility index (Phi) is 10.1. The number of halogens is 6. The Morgan fingerprint density at radius 1 is 0.925 bits per heavy atom. The predicted octanol–water partition coefficient (Wildman–Crippen LogP) is 7.53. The highest BCUT2D eigenvalue weighted by atomic mass is 35.5. The van der Waals surface area contributed by atoms with Gasteiger partial charge >= 0.3 is 18.1 Å². The Bertz CT molecular complexity index is 1430. The molecule has 0 fully saturated rings. The van der Waals surface area contributed by atoms with E-state index in [0.717, 1.165) is 30.3 Å². The van der Waals surface area contributed by atoms with E-state index in [0.29, 0.717) is 11.1 Å². The maximum Gasteiger partial charge on any atom is 0.416 e. The number of carbonyl (C=O) groups excluding carboxylic acids is 2. The lowest BCUT2D eigenvalue weighted by Gasteiger charge is -2.15. The molecule has 3 aromatic carbocycles. The molecule has 1 atom stereocenters. The first-order valence-electron chi connectivity index (χ1n) is 11.0. The summed E-state index contributed by atoms with van der Waals surface area (Å²) in [7, 11) is 0. The summed E-state index contributed by atoms with van der Waals surface area (Å²) in [5.74, 6) is -2.10. The predicted molar refractivity (Wildman–Crippen MR) is 137 cm³/mol. The van der Waals surface area contributed by atoms with Crippen molar-refractivity contribution in [1.82, 2.24) is 0 Å². The van der Waals surface area contributed by atoms with Crippen molar-refractivity contribution >= 4 is 52.4 Å². The van der Waals surface area contributed by atoms with Crippen LogP contribution in [-0.2, 0) is 20.4 Å². The molecule has 0 aromatic heterocycles. The van der Waals surface area contributed by atoms with Gasteiger partial charge in [-0.25, -0.2) is 9.59 Å². The second kappa shape index (κ2) is 13.1. The molecule has 0 spiro atoms. The van der Waals surface area contributed by atoms with Gasteiger partial charge < -0.3 is 18.9 Å². The van der Waals surface area contributed by atoms with Gasteiger partial charge in [-0.2, -0.15) is 13.2 Å². The lowest BCUT2D eigenvalue weighted by atomic mass is 10.1. The van der Waals surface area contributed by atoms with Crippen molar-refractivity contribution in [2.75, 3.05) is 13.2 Å². The summed E-state index contributed by atoms with van der Waals surface area (Å²) in [4.78, 5) is 35.3. The van der Waals surface area contributed by atoms with Gasteiger partial charge in [-0.3, -0.25) is 10.1 Å². The number of rotatable bonds is 10. The molecule has 0 saturated carbocycles. The van der Waals surface area contributed by atoms with Crippen LogP contribution >= 0.6 is 34.8 Å². The van der Waals surface area contributed by atoms with Gasteiger partial charge in [0, 0.05) is 17.2 Å². The molecule has 212 valence electrons. The summed E-state index contributed by atoms with van der Waals surface area (Å²) < 4.78 is 59.4. The van der Waals surface area contributed by atoms with Gasteiger partial charge in [0.05, 0.1) is 20.5 Å². The number of alkyl halides is 3. The molecular formula is C25H17Cl3F3NO8. The molecular weight excluding hydrogens is 606 g/mol. The molecule has 0 saturated heterocycles. The van der Waals surface area contributed by atoms with E-state index in [1.807, 2.05) is 0 Å². The molecule has 0 N–H and O–H groups in total. The van der Waals surface area contributed by atoms with E-state index in [-0.39, 0.29) is 27.3 Å². The number of hydrogen-bond acceptors (Lipinski definition) is 8. The van der Waals surface area contributed by atoms with Crippen LogP contribution in [0.5, 0.6) is 17.2 Å². The van der Waals surface area contributed by atoms with Gasteiger partial charge in [0.1, 0.15) is 36.0 Å². The molecule has 40 heavy (non-hydrogen) atoms. The molecule has 0 aliphatic carbocycles. The topological polar surface area (TPSA) is 114 Å². The number of carbonyl (C=O) groups is 2. The van der Waals surface area contributed by atoms with Gasteiger partial charge in [-0.1, -0.05) is 34.8 Å². The summed E-state index contributed by atoms with van der Waals surface area (Å²) in [6.07, 6.45) is -5.71. The summed E-state index contributed by atoms with van der Waals surface area (Å²) in [5, 5.41) is 11.6. The number of nitro groups is 1. The molecule has 3 rings (SSSR count). The molecule has 15 heteroatoms. The number of hydrogen-bond donors (Lipinski definition) is 0. The first kappa shape index (κ1) is 30.8. The fourth-order valence-corrected chi connectivity index (χ4v) is 3.74. The number of ether oxygens (including phenoxy) is 4. The Hall–Kier alpha value is -3.74. The average Bonchev–Trinajstić information content (AvgIpc) is 2.88. The van der Waals surface area contributed by atoms with Crippen molar-refractivity contribution in [3.63, 3.8) is 0 Å². The Balaban J connectivity index is 1.61. The Morgan fingerprint density at radius 3 is 2.20 bits per heavy atom. The SMILES string of the molecule is CC(Oc1ccc(Cl)cc1Cl)C(=O)OCCOC(=O)c1cc(Oc2ccc(C(F)(F)F)cc2Cl)ccc1[N+](=O)[O-]. The maximum absolute atomic E-state index is 12.9. The van der Waals surface area contributed by atoms with Crippen molar-refractivity contribution in [2.45, 2.75) is 19.2 Å². The van der Waals surface area contributed by atoms with Gasteiger partial charge in [-0.15, -0.1) is 0 Å². The van der Waals surface area contributed by atoms with Gasteiger partial charge in [-0.05, 0) is 49.4 Å². The number of nitrogens with zero attached hydrogens (tertiary/aromatic N) is 1. The van der Waals surface area contributed by atoms with E-state index in [2.05, 4.69) is 0 Å². The molecule has 0 amide bonds. The summed E-state index contributed by atoms with van der Waals surface area (Å²) in [5.41, 5.74) is -2.16. The molecule has 3 aromatic rings. The largest absolute Gasteiger partial charge is 0.477 e. The standard InChI is InChI=1S/C25H17Cl3F3NO8/c1-13(39-21-7-3-15(26)11-19(21)28)23(33)37-8-9-38-24(34)17-12-16(4-5-20(17)32(35)36)40-22-6-2-14(10-18(22)27)25(29,30)31/h2-7,10-13H,8-9H2,1H3. The van der Waals surface area contributed by atoms with Crippen LogP contribution in [-0.4, -0.2) is 36.2 Å². The molecule has 0 heterocycles. The van der Waals surface area contributed by atoms with Crippen LogP contribution in [0.15, 0.2) is 54.6 Å². The third kappa shape index (κ3) is 8.13. The van der Waals surface area contributed by atoms with E-state index < -0.39 is 59.2 Å². The zero-order valence-corrected chi connectivity index (χ0v) is 22.4. The molecule has 0 bridgehead atoms. The number of esters is 2. The maximum atomic E-state index is 12.9. The van der Waals surface area contributed by atoms with E-state index in [1.54, 1.807) is 0 Å². The van der Waals surface area contributed by atoms with Crippen LogP contribution in [0.3, 0.4) is 0 Å². The fraction of sp³-hybridized carbons (Fsp3) is 0.200. The first-order valence-corrected chi connectivity index (χ1v) is 12.2. The highest BCUT2D eigenvalue weighted by molar-refractivity contribution is 6.35. The second-order valence-electron chi connectivity index (χ2n) is 7.82. The van der Waals surface area contributed by atoms with Crippen LogP contribution in [0.1, 0.15) is 22.8 Å². The number of nitro benzene ring substituents is 1. The molecule has 9 nitrogen and oxygen atoms in total. The lowest BCUT2D eigenvalue weighted by molar-refractivity contribution is -0.385. The van der Waals surface area contributed by atoms with E-state index in [4.69, 9.17) is 53.8 Å². The summed E-state index contributed by atoms with van der Waals surface area (Å²) in [6, 6.07) is 9.78. The van der Waals surface area contributed by atoms with Crippen molar-refractivity contribution in [1.29, 1.82) is 0 Å². The minimum absolute atomic E-state index is 0.141. The molecule has 0 aliphatic rings. The highest BCUT2D eigenvalue weighted by Crippen LogP contribution is 2.37. The monoisotopic (exact) mass is 621 g/mol. The lowest BCUT2D eigenvalue weighted by Crippen LogP contribution is -2.27. The average molecular weight is 623 g/mol. The van der Waals surface area contributed by atoms with Crippen LogP contribution in [0, 0.1) is 10.1 Å². The third-order valence-corrected chi connectivity index (χ3v) is 5.79. The molecule has 0 aliphatic heterocycles. The Morgan fingerprint density at radius 2 is 1.57 bits per heavy atom. The fourth-order valence-electron chi connectivity index (χ4n) is 3.07. The quantitative estimate of drug-likeness (QED) is 0.0986. The van der Waals surface area contributed by atoms with Crippen LogP contribution in [0.2, 0.25) is 15.1 Å². The van der Waals surface area contributed by atoms with E-state index >= 15 is 0 Å². The first-order chi connectivity index (χ1) is 18.8. The minimum Gasteiger partial charge on any atom is -0.477 e. The van der Waals surface area contributed by atoms with E-state index in [9.17, 15) is 32.9 Å². The van der Waals surface area contributed by atoms with Crippen LogP contribution in [0.25, 0.3) is 0 Å². The van der Waals surface area contributed by atoms with Crippen LogP contribution in [0.4, 0.5) is 18.9 Å². The highest BCUT2D eigenvalue weighted by Gasteiger charge is 2.31. The van der Waals surface area contributed by atoms with Crippen molar-refractivity contribution in [3.05, 3.63) is 90.9 Å². The Labute approximate surface area is 239 Å². The van der Waals surface area contributed by atoms with Crippen molar-refractivity contribution in [3.8, 4) is 17.2 Å². The summed E-state index contributed by atoms with van der Waals surface area (Å²) >= 11 is 17.7. The second-order valence-corrected chi connectivity index (χ2v) is 9.07. The zero-order chi connectivity index (χ0) is 29.6. The number of benzene rings is 3. The smallest absolute Gasteiger partial charge is 0.416 e. The minimum atomic E-state index is -4.63. The zero-order valence-electron chi connectivity index (χ0n) is 20.2. The van der Waals surface area contributed by atoms with Crippen molar-refractivity contribution < 1.29 is 46.6 Å². The third-order valence-electron chi connectivity index (χ3n) is 4.96. The van der Waals surface area contributed by atoms with E-state index in [1.165, 1.54) is 25.1 Å². The molecule has 0 radical (unpaired) electrons. The van der Waals surface area contributed by atoms with Gasteiger partial charge in [0.15, 0.2) is 6.10 Å².